The quantitative estimate of drug-likeness (QED) is 0.844. The Morgan fingerprint density at radius 1 is 1.35 bits per heavy atom. The van der Waals surface area contributed by atoms with E-state index in [9.17, 15) is 4.21 Å². The van der Waals surface area contributed by atoms with Gasteiger partial charge in [0.05, 0.1) is 10.8 Å². The van der Waals surface area contributed by atoms with Gasteiger partial charge >= 0.3 is 0 Å². The normalized spacial score (nSPS) is 14.6. The van der Waals surface area contributed by atoms with E-state index in [-0.39, 0.29) is 0 Å². The van der Waals surface area contributed by atoms with E-state index >= 15 is 0 Å². The maximum atomic E-state index is 12.3. The predicted molar refractivity (Wildman–Crippen MR) is 74.9 cm³/mol. The maximum Gasteiger partial charge on any atom is 0.0547 e. The molecule has 96 valence electrons. The van der Waals surface area contributed by atoms with Crippen LogP contribution in [-0.2, 0) is 10.8 Å². The molecule has 1 aromatic rings. The molecule has 17 heavy (non-hydrogen) atoms. The van der Waals surface area contributed by atoms with E-state index in [0.29, 0.717) is 11.8 Å². The van der Waals surface area contributed by atoms with Crippen molar-refractivity contribution in [1.82, 2.24) is 5.32 Å². The van der Waals surface area contributed by atoms with Gasteiger partial charge in [-0.15, -0.1) is 0 Å². The van der Waals surface area contributed by atoms with Crippen molar-refractivity contribution in [1.29, 1.82) is 0 Å². The van der Waals surface area contributed by atoms with Gasteiger partial charge < -0.3 is 5.32 Å². The average Bonchev–Trinajstić information content (AvgIpc) is 2.29. The number of hydrogen-bond acceptors (Lipinski definition) is 2. The lowest BCUT2D eigenvalue weighted by Gasteiger charge is -2.14. The lowest BCUT2D eigenvalue weighted by Crippen LogP contribution is -2.31. The van der Waals surface area contributed by atoms with Crippen LogP contribution in [0.15, 0.2) is 23.1 Å². The topological polar surface area (TPSA) is 29.1 Å². The first-order valence-corrected chi connectivity index (χ1v) is 7.55. The van der Waals surface area contributed by atoms with Crippen LogP contribution in [0.3, 0.4) is 0 Å². The van der Waals surface area contributed by atoms with Crippen LogP contribution in [0.5, 0.6) is 0 Å². The Labute approximate surface area is 107 Å². The molecule has 0 fully saturated rings. The Kier molecular flexibility index (Phi) is 5.86. The van der Waals surface area contributed by atoms with Crippen molar-refractivity contribution in [2.24, 2.45) is 0 Å². The summed E-state index contributed by atoms with van der Waals surface area (Å²) in [6, 6.07) is 6.45. The fourth-order valence-corrected chi connectivity index (χ4v) is 3.22. The van der Waals surface area contributed by atoms with E-state index in [1.54, 1.807) is 0 Å². The zero-order valence-corrected chi connectivity index (χ0v) is 12.1. The summed E-state index contributed by atoms with van der Waals surface area (Å²) >= 11 is 0. The second-order valence-electron chi connectivity index (χ2n) is 4.64. The first-order valence-electron chi connectivity index (χ1n) is 6.23. The largest absolute Gasteiger partial charge is 0.313 e. The first-order chi connectivity index (χ1) is 8.04. The molecule has 0 radical (unpaired) electrons. The predicted octanol–water partition coefficient (Wildman–Crippen LogP) is 2.80. The molecule has 2 nitrogen and oxygen atoms in total. The lowest BCUT2D eigenvalue weighted by molar-refractivity contribution is 0.582. The monoisotopic (exact) mass is 253 g/mol. The van der Waals surface area contributed by atoms with Gasteiger partial charge in [0.25, 0.3) is 0 Å². The molecule has 0 heterocycles. The molecule has 0 amide bonds. The van der Waals surface area contributed by atoms with Gasteiger partial charge in [0, 0.05) is 16.7 Å². The summed E-state index contributed by atoms with van der Waals surface area (Å²) in [6.45, 7) is 9.29. The SMILES string of the molecule is CCCNC(C)CS(=O)c1cc(C)ccc1C. The molecule has 0 bridgehead atoms. The molecule has 0 saturated heterocycles. The fraction of sp³-hybridized carbons (Fsp3) is 0.571. The molecule has 2 unspecified atom stereocenters. The van der Waals surface area contributed by atoms with Crippen molar-refractivity contribution in [3.05, 3.63) is 29.3 Å². The molecule has 1 aromatic carbocycles. The third-order valence-electron chi connectivity index (χ3n) is 2.73. The second-order valence-corrected chi connectivity index (χ2v) is 6.10. The third kappa shape index (κ3) is 4.60. The lowest BCUT2D eigenvalue weighted by atomic mass is 10.2. The van der Waals surface area contributed by atoms with Crippen molar-refractivity contribution in [3.8, 4) is 0 Å². The van der Waals surface area contributed by atoms with Gasteiger partial charge in [0.15, 0.2) is 0 Å². The summed E-state index contributed by atoms with van der Waals surface area (Å²) in [6.07, 6.45) is 1.11. The van der Waals surface area contributed by atoms with E-state index in [1.807, 2.05) is 26.0 Å². The Bertz CT molecular complexity index is 390. The van der Waals surface area contributed by atoms with Gasteiger partial charge in [-0.1, -0.05) is 19.1 Å². The number of aryl methyl sites for hydroxylation is 2. The smallest absolute Gasteiger partial charge is 0.0547 e. The highest BCUT2D eigenvalue weighted by atomic mass is 32.2. The maximum absolute atomic E-state index is 12.3. The van der Waals surface area contributed by atoms with Gasteiger partial charge in [-0.25, -0.2) is 0 Å². The van der Waals surface area contributed by atoms with Crippen molar-refractivity contribution in [2.45, 2.75) is 45.1 Å². The molecule has 1 N–H and O–H groups in total. The number of benzene rings is 1. The van der Waals surface area contributed by atoms with Gasteiger partial charge in [-0.3, -0.25) is 4.21 Å². The summed E-state index contributed by atoms with van der Waals surface area (Å²) in [5.41, 5.74) is 2.30. The average molecular weight is 253 g/mol. The van der Waals surface area contributed by atoms with E-state index in [4.69, 9.17) is 0 Å². The molecule has 0 aliphatic rings. The molecule has 0 saturated carbocycles. The minimum absolute atomic E-state index is 0.302. The Morgan fingerprint density at radius 3 is 2.71 bits per heavy atom. The summed E-state index contributed by atoms with van der Waals surface area (Å²) in [4.78, 5) is 0.982. The zero-order chi connectivity index (χ0) is 12.8. The van der Waals surface area contributed by atoms with Crippen LogP contribution in [0.2, 0.25) is 0 Å². The van der Waals surface area contributed by atoms with Gasteiger partial charge in [-0.2, -0.15) is 0 Å². The highest BCUT2D eigenvalue weighted by Crippen LogP contribution is 2.15. The molecule has 3 heteroatoms. The molecule has 2 atom stereocenters. The minimum Gasteiger partial charge on any atom is -0.313 e. The number of nitrogens with one attached hydrogen (secondary N) is 1. The molecule has 0 spiro atoms. The van der Waals surface area contributed by atoms with E-state index < -0.39 is 10.8 Å². The molecular weight excluding hydrogens is 230 g/mol. The van der Waals surface area contributed by atoms with Gasteiger partial charge in [0.1, 0.15) is 0 Å². The van der Waals surface area contributed by atoms with Gasteiger partial charge in [-0.05, 0) is 50.9 Å². The Balaban J connectivity index is 2.66. The van der Waals surface area contributed by atoms with Crippen LogP contribution < -0.4 is 5.32 Å². The zero-order valence-electron chi connectivity index (χ0n) is 11.2. The van der Waals surface area contributed by atoms with Crippen molar-refractivity contribution < 1.29 is 4.21 Å². The fourth-order valence-electron chi connectivity index (χ4n) is 1.72. The summed E-state index contributed by atoms with van der Waals surface area (Å²) in [7, 11) is -0.901. The van der Waals surface area contributed by atoms with Crippen LogP contribution >= 0.6 is 0 Å². The van der Waals surface area contributed by atoms with E-state index in [0.717, 1.165) is 23.4 Å². The Morgan fingerprint density at radius 2 is 2.06 bits per heavy atom. The van der Waals surface area contributed by atoms with E-state index in [2.05, 4.69) is 25.2 Å². The van der Waals surface area contributed by atoms with Crippen LogP contribution in [-0.4, -0.2) is 22.5 Å². The molecular formula is C14H23NOS. The summed E-state index contributed by atoms with van der Waals surface area (Å²) in [5.74, 6) is 0.685. The van der Waals surface area contributed by atoms with Crippen molar-refractivity contribution >= 4 is 10.8 Å². The van der Waals surface area contributed by atoms with Gasteiger partial charge in [0.2, 0.25) is 0 Å². The first kappa shape index (κ1) is 14.4. The second kappa shape index (κ2) is 6.92. The van der Waals surface area contributed by atoms with Crippen LogP contribution in [0, 0.1) is 13.8 Å². The molecule has 0 aliphatic carbocycles. The minimum atomic E-state index is -0.901. The van der Waals surface area contributed by atoms with Crippen LogP contribution in [0.4, 0.5) is 0 Å². The highest BCUT2D eigenvalue weighted by Gasteiger charge is 2.11. The van der Waals surface area contributed by atoms with Crippen LogP contribution in [0.1, 0.15) is 31.4 Å². The highest BCUT2D eigenvalue weighted by molar-refractivity contribution is 7.85. The molecule has 0 aliphatic heterocycles. The summed E-state index contributed by atoms with van der Waals surface area (Å²) < 4.78 is 12.3. The Hall–Kier alpha value is -0.670. The third-order valence-corrected chi connectivity index (χ3v) is 4.47. The van der Waals surface area contributed by atoms with Crippen molar-refractivity contribution in [3.63, 3.8) is 0 Å². The molecule has 1 rings (SSSR count). The van der Waals surface area contributed by atoms with Crippen molar-refractivity contribution in [2.75, 3.05) is 12.3 Å². The van der Waals surface area contributed by atoms with E-state index in [1.165, 1.54) is 5.56 Å². The van der Waals surface area contributed by atoms with Crippen LogP contribution in [0.25, 0.3) is 0 Å². The summed E-state index contributed by atoms with van der Waals surface area (Å²) in [5, 5.41) is 3.37. The number of hydrogen-bond donors (Lipinski definition) is 1. The number of rotatable bonds is 6. The standard InChI is InChI=1S/C14H23NOS/c1-5-8-15-13(4)10-17(16)14-9-11(2)6-7-12(14)3/h6-7,9,13,15H,5,8,10H2,1-4H3. The molecule has 0 aromatic heterocycles.